The molecule has 6 nitrogen and oxygen atoms in total. The van der Waals surface area contributed by atoms with Gasteiger partial charge in [0.15, 0.2) is 0 Å². The second-order valence-corrected chi connectivity index (χ2v) is 3.74. The van der Waals surface area contributed by atoms with Gasteiger partial charge in [0.05, 0.1) is 5.69 Å². The number of rotatable bonds is 3. The predicted molar refractivity (Wildman–Crippen MR) is 69.0 cm³/mol. The number of hydrogen-bond acceptors (Lipinski definition) is 6. The lowest BCUT2D eigenvalue weighted by atomic mass is 10.1. The van der Waals surface area contributed by atoms with Crippen molar-refractivity contribution in [3.05, 3.63) is 41.5 Å². The largest absolute Gasteiger partial charge is 0.339 e. The van der Waals surface area contributed by atoms with Gasteiger partial charge in [0.1, 0.15) is 35.4 Å². The summed E-state index contributed by atoms with van der Waals surface area (Å²) in [6, 6.07) is 6.14. The van der Waals surface area contributed by atoms with E-state index in [0.29, 0.717) is 22.9 Å². The number of aromatic nitrogens is 2. The molecule has 0 atom stereocenters. The summed E-state index contributed by atoms with van der Waals surface area (Å²) in [6.45, 7) is 1.75. The predicted octanol–water partition coefficient (Wildman–Crippen LogP) is 1.82. The fourth-order valence-corrected chi connectivity index (χ4v) is 1.59. The zero-order chi connectivity index (χ0) is 13.8. The lowest BCUT2D eigenvalue weighted by Gasteiger charge is -2.12. The zero-order valence-corrected chi connectivity index (χ0v) is 10.1. The van der Waals surface area contributed by atoms with Gasteiger partial charge in [-0.3, -0.25) is 0 Å². The highest BCUT2D eigenvalue weighted by Gasteiger charge is 2.11. The molecule has 0 saturated carbocycles. The number of nitrogens with one attached hydrogen (secondary N) is 2. The molecule has 1 aromatic carbocycles. The summed E-state index contributed by atoms with van der Waals surface area (Å²) in [4.78, 5) is 7.97. The summed E-state index contributed by atoms with van der Waals surface area (Å²) in [5.74, 6) is 5.63. The van der Waals surface area contributed by atoms with Crippen molar-refractivity contribution >= 4 is 17.3 Å². The van der Waals surface area contributed by atoms with E-state index in [9.17, 15) is 4.39 Å². The molecule has 0 saturated heterocycles. The van der Waals surface area contributed by atoms with E-state index in [2.05, 4.69) is 20.7 Å². The van der Waals surface area contributed by atoms with Gasteiger partial charge in [-0.1, -0.05) is 6.07 Å². The number of nitrogen functional groups attached to an aromatic ring is 1. The van der Waals surface area contributed by atoms with E-state index in [4.69, 9.17) is 11.1 Å². The fourth-order valence-electron chi connectivity index (χ4n) is 1.59. The van der Waals surface area contributed by atoms with Crippen molar-refractivity contribution in [1.29, 1.82) is 5.26 Å². The van der Waals surface area contributed by atoms with Crippen molar-refractivity contribution in [2.45, 2.75) is 6.92 Å². The van der Waals surface area contributed by atoms with Crippen molar-refractivity contribution in [3.63, 3.8) is 0 Å². The van der Waals surface area contributed by atoms with E-state index in [1.165, 1.54) is 18.5 Å². The van der Waals surface area contributed by atoms with E-state index in [0.717, 1.165) is 0 Å². The number of hydrogen-bond donors (Lipinski definition) is 3. The molecular formula is C12H11FN6. The monoisotopic (exact) mass is 258 g/mol. The van der Waals surface area contributed by atoms with Gasteiger partial charge in [0, 0.05) is 5.56 Å². The Labute approximate surface area is 109 Å². The number of benzene rings is 1. The van der Waals surface area contributed by atoms with Crippen LogP contribution in [0.15, 0.2) is 24.5 Å². The van der Waals surface area contributed by atoms with Crippen molar-refractivity contribution in [1.82, 2.24) is 9.97 Å². The Bertz CT molecular complexity index is 649. The van der Waals surface area contributed by atoms with Crippen molar-refractivity contribution in [2.75, 3.05) is 10.7 Å². The Morgan fingerprint density at radius 2 is 2.05 bits per heavy atom. The lowest BCUT2D eigenvalue weighted by molar-refractivity contribution is 0.624. The van der Waals surface area contributed by atoms with Crippen LogP contribution in [0.25, 0.3) is 0 Å². The normalized spacial score (nSPS) is 9.79. The molecule has 0 bridgehead atoms. The molecule has 0 aliphatic rings. The molecule has 0 aliphatic carbocycles. The van der Waals surface area contributed by atoms with Crippen LogP contribution in [-0.4, -0.2) is 9.97 Å². The highest BCUT2D eigenvalue weighted by atomic mass is 19.1. The zero-order valence-electron chi connectivity index (χ0n) is 10.1. The first-order valence-corrected chi connectivity index (χ1v) is 5.41. The van der Waals surface area contributed by atoms with Crippen LogP contribution in [0, 0.1) is 24.1 Å². The highest BCUT2D eigenvalue weighted by molar-refractivity contribution is 5.68. The summed E-state index contributed by atoms with van der Waals surface area (Å²) in [5.41, 5.74) is 3.37. The summed E-state index contributed by atoms with van der Waals surface area (Å²) in [5, 5.41) is 11.9. The Balaban J connectivity index is 2.43. The first-order valence-electron chi connectivity index (χ1n) is 5.41. The van der Waals surface area contributed by atoms with Gasteiger partial charge in [-0.25, -0.2) is 20.2 Å². The van der Waals surface area contributed by atoms with E-state index >= 15 is 0 Å². The van der Waals surface area contributed by atoms with Crippen LogP contribution in [0.1, 0.15) is 11.1 Å². The van der Waals surface area contributed by atoms with Crippen LogP contribution in [0.3, 0.4) is 0 Å². The molecule has 0 unspecified atom stereocenters. The van der Waals surface area contributed by atoms with E-state index in [1.807, 2.05) is 6.07 Å². The van der Waals surface area contributed by atoms with E-state index in [-0.39, 0.29) is 5.56 Å². The summed E-state index contributed by atoms with van der Waals surface area (Å²) in [6.07, 6.45) is 1.32. The van der Waals surface area contributed by atoms with Crippen molar-refractivity contribution < 1.29 is 4.39 Å². The SMILES string of the molecule is Cc1c(NN)ncnc1Nc1cccc(F)c1C#N. The molecule has 4 N–H and O–H groups in total. The molecule has 1 heterocycles. The quantitative estimate of drug-likeness (QED) is 0.573. The van der Waals surface area contributed by atoms with Gasteiger partial charge in [0.25, 0.3) is 0 Å². The molecule has 0 fully saturated rings. The summed E-state index contributed by atoms with van der Waals surface area (Å²) in [7, 11) is 0. The minimum Gasteiger partial charge on any atom is -0.339 e. The van der Waals surface area contributed by atoms with Gasteiger partial charge in [-0.15, -0.1) is 0 Å². The fraction of sp³-hybridized carbons (Fsp3) is 0.0833. The van der Waals surface area contributed by atoms with Gasteiger partial charge >= 0.3 is 0 Å². The number of anilines is 3. The molecule has 2 rings (SSSR count). The first kappa shape index (κ1) is 12.7. The smallest absolute Gasteiger partial charge is 0.148 e. The van der Waals surface area contributed by atoms with Crippen LogP contribution >= 0.6 is 0 Å². The molecule has 0 spiro atoms. The second kappa shape index (κ2) is 5.29. The van der Waals surface area contributed by atoms with Crippen LogP contribution in [-0.2, 0) is 0 Å². The average molecular weight is 258 g/mol. The molecule has 0 amide bonds. The van der Waals surface area contributed by atoms with E-state index < -0.39 is 5.82 Å². The number of nitrogens with two attached hydrogens (primary N) is 1. The maximum absolute atomic E-state index is 13.5. The Hall–Kier alpha value is -2.72. The number of halogens is 1. The third-order valence-electron chi connectivity index (χ3n) is 2.60. The van der Waals surface area contributed by atoms with Gasteiger partial charge in [-0.2, -0.15) is 5.26 Å². The maximum atomic E-state index is 13.5. The second-order valence-electron chi connectivity index (χ2n) is 3.74. The number of nitriles is 1. The number of nitrogens with zero attached hydrogens (tertiary/aromatic N) is 3. The standard InChI is InChI=1S/C12H11FN6/c1-7-11(16-6-17-12(7)19-15)18-10-4-2-3-9(13)8(10)5-14/h2-4,6H,15H2,1H3,(H2,16,17,18,19). The highest BCUT2D eigenvalue weighted by Crippen LogP contribution is 2.25. The Morgan fingerprint density at radius 3 is 2.74 bits per heavy atom. The van der Waals surface area contributed by atoms with Crippen LogP contribution < -0.4 is 16.6 Å². The minimum atomic E-state index is -0.587. The van der Waals surface area contributed by atoms with Crippen LogP contribution in [0.2, 0.25) is 0 Å². The molecule has 19 heavy (non-hydrogen) atoms. The summed E-state index contributed by atoms with van der Waals surface area (Å²) < 4.78 is 13.5. The third kappa shape index (κ3) is 2.43. The Morgan fingerprint density at radius 1 is 1.32 bits per heavy atom. The van der Waals surface area contributed by atoms with Gasteiger partial charge in [0.2, 0.25) is 0 Å². The van der Waals surface area contributed by atoms with Crippen molar-refractivity contribution in [3.8, 4) is 6.07 Å². The van der Waals surface area contributed by atoms with Crippen molar-refractivity contribution in [2.24, 2.45) is 5.84 Å². The minimum absolute atomic E-state index is 0.0669. The maximum Gasteiger partial charge on any atom is 0.148 e. The Kier molecular flexibility index (Phi) is 3.54. The molecule has 7 heteroatoms. The lowest BCUT2D eigenvalue weighted by Crippen LogP contribution is -2.12. The molecule has 0 radical (unpaired) electrons. The van der Waals surface area contributed by atoms with E-state index in [1.54, 1.807) is 13.0 Å². The molecule has 2 aromatic rings. The molecule has 96 valence electrons. The topological polar surface area (TPSA) is 99.7 Å². The van der Waals surface area contributed by atoms with Crippen LogP contribution in [0.4, 0.5) is 21.7 Å². The summed E-state index contributed by atoms with van der Waals surface area (Å²) >= 11 is 0. The first-order chi connectivity index (χ1) is 9.17. The van der Waals surface area contributed by atoms with Gasteiger partial charge in [-0.05, 0) is 19.1 Å². The third-order valence-corrected chi connectivity index (χ3v) is 2.60. The van der Waals surface area contributed by atoms with Crippen LogP contribution in [0.5, 0.6) is 0 Å². The molecular weight excluding hydrogens is 247 g/mol. The number of hydrazine groups is 1. The van der Waals surface area contributed by atoms with Gasteiger partial charge < -0.3 is 10.7 Å². The average Bonchev–Trinajstić information content (AvgIpc) is 2.41. The molecule has 1 aromatic heterocycles. The molecule has 0 aliphatic heterocycles.